The van der Waals surface area contributed by atoms with Crippen LogP contribution in [0.1, 0.15) is 45.1 Å². The van der Waals surface area contributed by atoms with E-state index in [0.29, 0.717) is 12.5 Å². The predicted molar refractivity (Wildman–Crippen MR) is 89.3 cm³/mol. The summed E-state index contributed by atoms with van der Waals surface area (Å²) in [5, 5.41) is 3.15. The van der Waals surface area contributed by atoms with Gasteiger partial charge in [-0.2, -0.15) is 0 Å². The number of amides is 1. The lowest BCUT2D eigenvalue weighted by Crippen LogP contribution is -2.52. The fourth-order valence-corrected chi connectivity index (χ4v) is 4.46. The number of fused-ring (bicyclic) bond motifs is 2. The van der Waals surface area contributed by atoms with Crippen molar-refractivity contribution in [2.45, 2.75) is 51.5 Å². The van der Waals surface area contributed by atoms with E-state index in [9.17, 15) is 4.79 Å². The van der Waals surface area contributed by atoms with Gasteiger partial charge in [-0.25, -0.2) is 0 Å². The van der Waals surface area contributed by atoms with Crippen molar-refractivity contribution in [3.63, 3.8) is 0 Å². The SMILES string of the molecule is CC(C)(N)CNC(=O)C1(Cc2ccccc2)CC2CCC1C2. The van der Waals surface area contributed by atoms with E-state index in [4.69, 9.17) is 5.73 Å². The van der Waals surface area contributed by atoms with Crippen molar-refractivity contribution in [1.29, 1.82) is 0 Å². The smallest absolute Gasteiger partial charge is 0.226 e. The minimum absolute atomic E-state index is 0.213. The van der Waals surface area contributed by atoms with Crippen LogP contribution in [-0.4, -0.2) is 18.0 Å². The third-order valence-corrected chi connectivity index (χ3v) is 5.49. The molecule has 0 aromatic heterocycles. The molecular weight excluding hydrogens is 272 g/mol. The molecule has 3 unspecified atom stereocenters. The van der Waals surface area contributed by atoms with Crippen molar-refractivity contribution in [2.75, 3.05) is 6.54 Å². The summed E-state index contributed by atoms with van der Waals surface area (Å²) in [4.78, 5) is 13.0. The summed E-state index contributed by atoms with van der Waals surface area (Å²) < 4.78 is 0. The Bertz CT molecular complexity index is 534. The van der Waals surface area contributed by atoms with Crippen LogP contribution in [0, 0.1) is 17.3 Å². The van der Waals surface area contributed by atoms with Gasteiger partial charge in [0.05, 0.1) is 5.41 Å². The molecule has 3 nitrogen and oxygen atoms in total. The summed E-state index contributed by atoms with van der Waals surface area (Å²) >= 11 is 0. The molecule has 3 atom stereocenters. The predicted octanol–water partition coefficient (Wildman–Crippen LogP) is 2.89. The van der Waals surface area contributed by atoms with E-state index >= 15 is 0 Å². The van der Waals surface area contributed by atoms with Crippen LogP contribution in [-0.2, 0) is 11.2 Å². The van der Waals surface area contributed by atoms with E-state index in [1.165, 1.54) is 24.8 Å². The van der Waals surface area contributed by atoms with Crippen molar-refractivity contribution >= 4 is 5.91 Å². The topological polar surface area (TPSA) is 55.1 Å². The van der Waals surface area contributed by atoms with Gasteiger partial charge in [0.15, 0.2) is 0 Å². The molecule has 3 heteroatoms. The Morgan fingerprint density at radius 3 is 2.59 bits per heavy atom. The van der Waals surface area contributed by atoms with Crippen molar-refractivity contribution in [1.82, 2.24) is 5.32 Å². The molecular formula is C19H28N2O. The molecule has 0 radical (unpaired) electrons. The van der Waals surface area contributed by atoms with E-state index in [1.807, 2.05) is 19.9 Å². The fourth-order valence-electron chi connectivity index (χ4n) is 4.46. The maximum Gasteiger partial charge on any atom is 0.226 e. The number of carbonyl (C=O) groups excluding carboxylic acids is 1. The molecule has 3 rings (SSSR count). The summed E-state index contributed by atoms with van der Waals surface area (Å²) in [7, 11) is 0. The van der Waals surface area contributed by atoms with Crippen LogP contribution < -0.4 is 11.1 Å². The number of carbonyl (C=O) groups is 1. The Hall–Kier alpha value is -1.35. The zero-order valence-corrected chi connectivity index (χ0v) is 13.8. The zero-order valence-electron chi connectivity index (χ0n) is 13.8. The van der Waals surface area contributed by atoms with Gasteiger partial charge in [0.25, 0.3) is 0 Å². The number of nitrogens with one attached hydrogen (secondary N) is 1. The highest BCUT2D eigenvalue weighted by Gasteiger charge is 2.55. The minimum Gasteiger partial charge on any atom is -0.354 e. The molecule has 2 aliphatic carbocycles. The highest BCUT2D eigenvalue weighted by Crippen LogP contribution is 2.57. The average Bonchev–Trinajstić information content (AvgIpc) is 3.06. The lowest BCUT2D eigenvalue weighted by Gasteiger charge is -2.37. The zero-order chi connectivity index (χ0) is 15.8. The van der Waals surface area contributed by atoms with Crippen molar-refractivity contribution in [3.05, 3.63) is 35.9 Å². The van der Waals surface area contributed by atoms with Gasteiger partial charge < -0.3 is 11.1 Å². The number of hydrogen-bond donors (Lipinski definition) is 2. The van der Waals surface area contributed by atoms with Crippen LogP contribution in [0.5, 0.6) is 0 Å². The third-order valence-electron chi connectivity index (χ3n) is 5.49. The van der Waals surface area contributed by atoms with Crippen molar-refractivity contribution in [3.8, 4) is 0 Å². The molecule has 2 bridgehead atoms. The first kappa shape index (κ1) is 15.5. The van der Waals surface area contributed by atoms with E-state index in [-0.39, 0.29) is 16.9 Å². The van der Waals surface area contributed by atoms with Gasteiger partial charge in [0, 0.05) is 12.1 Å². The highest BCUT2D eigenvalue weighted by atomic mass is 16.2. The molecule has 0 saturated heterocycles. The van der Waals surface area contributed by atoms with E-state index in [0.717, 1.165) is 18.8 Å². The summed E-state index contributed by atoms with van der Waals surface area (Å²) in [6.45, 7) is 4.45. The first-order valence-electron chi connectivity index (χ1n) is 8.50. The third kappa shape index (κ3) is 3.05. The lowest BCUT2D eigenvalue weighted by molar-refractivity contribution is -0.134. The highest BCUT2D eigenvalue weighted by molar-refractivity contribution is 5.84. The molecule has 0 heterocycles. The fraction of sp³-hybridized carbons (Fsp3) is 0.632. The second kappa shape index (κ2) is 5.69. The van der Waals surface area contributed by atoms with Gasteiger partial charge in [-0.1, -0.05) is 36.8 Å². The normalized spacial score (nSPS) is 30.5. The van der Waals surface area contributed by atoms with Crippen molar-refractivity contribution < 1.29 is 4.79 Å². The van der Waals surface area contributed by atoms with Gasteiger partial charge >= 0.3 is 0 Å². The van der Waals surface area contributed by atoms with Crippen LogP contribution >= 0.6 is 0 Å². The second-order valence-corrected chi connectivity index (χ2v) is 8.07. The number of nitrogens with two attached hydrogens (primary N) is 1. The van der Waals surface area contributed by atoms with Crippen LogP contribution in [0.2, 0.25) is 0 Å². The van der Waals surface area contributed by atoms with Crippen LogP contribution in [0.3, 0.4) is 0 Å². The Morgan fingerprint density at radius 1 is 1.32 bits per heavy atom. The number of rotatable bonds is 5. The maximum atomic E-state index is 13.0. The second-order valence-electron chi connectivity index (χ2n) is 8.07. The first-order valence-corrected chi connectivity index (χ1v) is 8.50. The van der Waals surface area contributed by atoms with Crippen molar-refractivity contribution in [2.24, 2.45) is 23.0 Å². The van der Waals surface area contributed by atoms with E-state index < -0.39 is 0 Å². The van der Waals surface area contributed by atoms with Gasteiger partial charge in [-0.3, -0.25) is 4.79 Å². The Kier molecular flexibility index (Phi) is 4.02. The molecule has 0 aliphatic heterocycles. The molecule has 2 fully saturated rings. The summed E-state index contributed by atoms with van der Waals surface area (Å²) in [6.07, 6.45) is 5.65. The molecule has 2 saturated carbocycles. The molecule has 1 aromatic carbocycles. The molecule has 3 N–H and O–H groups in total. The van der Waals surface area contributed by atoms with Gasteiger partial charge in [-0.05, 0) is 56.9 Å². The number of hydrogen-bond acceptors (Lipinski definition) is 2. The minimum atomic E-state index is -0.360. The number of benzene rings is 1. The standard InChI is InChI=1S/C19H28N2O/c1-18(2,20)13-21-17(22)19(11-14-6-4-3-5-7-14)12-15-8-9-16(19)10-15/h3-7,15-16H,8-13,20H2,1-2H3,(H,21,22). The Labute approximate surface area is 133 Å². The molecule has 1 amide bonds. The first-order chi connectivity index (χ1) is 10.4. The monoisotopic (exact) mass is 300 g/mol. The van der Waals surface area contributed by atoms with E-state index in [1.54, 1.807) is 0 Å². The van der Waals surface area contributed by atoms with E-state index in [2.05, 4.69) is 29.6 Å². The van der Waals surface area contributed by atoms with Crippen LogP contribution in [0.25, 0.3) is 0 Å². The summed E-state index contributed by atoms with van der Waals surface area (Å²) in [6, 6.07) is 10.5. The van der Waals surface area contributed by atoms with Crippen LogP contribution in [0.4, 0.5) is 0 Å². The molecule has 22 heavy (non-hydrogen) atoms. The molecule has 0 spiro atoms. The summed E-state index contributed by atoms with van der Waals surface area (Å²) in [5.41, 5.74) is 6.74. The molecule has 120 valence electrons. The average molecular weight is 300 g/mol. The molecule has 1 aromatic rings. The Balaban J connectivity index is 1.80. The Morgan fingerprint density at radius 2 is 2.05 bits per heavy atom. The molecule has 2 aliphatic rings. The maximum absolute atomic E-state index is 13.0. The quantitative estimate of drug-likeness (QED) is 0.878. The van der Waals surface area contributed by atoms with Gasteiger partial charge in [0.1, 0.15) is 0 Å². The largest absolute Gasteiger partial charge is 0.354 e. The summed E-state index contributed by atoms with van der Waals surface area (Å²) in [5.74, 6) is 1.51. The lowest BCUT2D eigenvalue weighted by atomic mass is 9.68. The van der Waals surface area contributed by atoms with Gasteiger partial charge in [-0.15, -0.1) is 0 Å². The van der Waals surface area contributed by atoms with Gasteiger partial charge in [0.2, 0.25) is 5.91 Å². The van der Waals surface area contributed by atoms with Crippen LogP contribution in [0.15, 0.2) is 30.3 Å².